The van der Waals surface area contributed by atoms with Gasteiger partial charge in [-0.05, 0) is 44.6 Å². The predicted molar refractivity (Wildman–Crippen MR) is 80.0 cm³/mol. The van der Waals surface area contributed by atoms with Crippen molar-refractivity contribution in [2.75, 3.05) is 19.8 Å². The molecule has 0 aliphatic carbocycles. The normalized spacial score (nSPS) is 15.2. The molecule has 0 spiro atoms. The van der Waals surface area contributed by atoms with Crippen molar-refractivity contribution in [3.8, 4) is 0 Å². The molecule has 0 fully saturated rings. The van der Waals surface area contributed by atoms with Crippen LogP contribution in [0.4, 0.5) is 0 Å². The molecule has 114 valence electrons. The smallest absolute Gasteiger partial charge is 0.237 e. The fourth-order valence-corrected chi connectivity index (χ4v) is 1.85. The monoisotopic (exact) mass is 272 g/mol. The summed E-state index contributed by atoms with van der Waals surface area (Å²) in [4.78, 5) is 11.4. The summed E-state index contributed by atoms with van der Waals surface area (Å²) in [6.07, 6.45) is 3.75. The second-order valence-corrected chi connectivity index (χ2v) is 6.61. The van der Waals surface area contributed by atoms with Crippen LogP contribution in [0, 0.1) is 5.41 Å². The second-order valence-electron chi connectivity index (χ2n) is 6.61. The summed E-state index contributed by atoms with van der Waals surface area (Å²) in [5.74, 6) is -0.275. The fourth-order valence-electron chi connectivity index (χ4n) is 1.85. The van der Waals surface area contributed by atoms with Crippen molar-refractivity contribution in [1.29, 1.82) is 0 Å². The van der Waals surface area contributed by atoms with Crippen LogP contribution in [-0.4, -0.2) is 31.2 Å². The lowest BCUT2D eigenvalue weighted by molar-refractivity contribution is -0.124. The minimum absolute atomic E-state index is 0.275. The van der Waals surface area contributed by atoms with E-state index in [-0.39, 0.29) is 5.91 Å². The standard InChI is InChI=1S/C15H32N2O2/c1-6-17-15(5,13(16)18)9-7-8-11-19-12-10-14(2,3)4/h17H,6-12H2,1-5H3,(H2,16,18). The highest BCUT2D eigenvalue weighted by molar-refractivity contribution is 5.84. The van der Waals surface area contributed by atoms with Crippen molar-refractivity contribution in [2.24, 2.45) is 11.1 Å². The molecule has 1 amide bonds. The van der Waals surface area contributed by atoms with Crippen LogP contribution >= 0.6 is 0 Å². The van der Waals surface area contributed by atoms with Gasteiger partial charge in [0.1, 0.15) is 0 Å². The second kappa shape index (κ2) is 8.54. The summed E-state index contributed by atoms with van der Waals surface area (Å²) in [5, 5.41) is 3.17. The first-order chi connectivity index (χ1) is 8.71. The van der Waals surface area contributed by atoms with E-state index < -0.39 is 5.54 Å². The van der Waals surface area contributed by atoms with Crippen molar-refractivity contribution >= 4 is 5.91 Å². The van der Waals surface area contributed by atoms with Crippen LogP contribution in [0.3, 0.4) is 0 Å². The topological polar surface area (TPSA) is 64.3 Å². The van der Waals surface area contributed by atoms with Gasteiger partial charge in [0.15, 0.2) is 0 Å². The number of nitrogens with two attached hydrogens (primary N) is 1. The summed E-state index contributed by atoms with van der Waals surface area (Å²) in [7, 11) is 0. The number of rotatable bonds is 10. The minimum atomic E-state index is -0.583. The Labute approximate surface area is 118 Å². The number of carbonyl (C=O) groups is 1. The van der Waals surface area contributed by atoms with Gasteiger partial charge in [0, 0.05) is 13.2 Å². The molecular formula is C15H32N2O2. The van der Waals surface area contributed by atoms with Crippen LogP contribution in [0.15, 0.2) is 0 Å². The third-order valence-corrected chi connectivity index (χ3v) is 3.32. The molecule has 0 saturated carbocycles. The molecular weight excluding hydrogens is 240 g/mol. The van der Waals surface area contributed by atoms with E-state index in [0.717, 1.165) is 45.4 Å². The van der Waals surface area contributed by atoms with E-state index in [1.807, 2.05) is 13.8 Å². The van der Waals surface area contributed by atoms with Crippen LogP contribution in [0.2, 0.25) is 0 Å². The molecule has 0 aromatic carbocycles. The van der Waals surface area contributed by atoms with Crippen molar-refractivity contribution in [3.05, 3.63) is 0 Å². The zero-order valence-electron chi connectivity index (χ0n) is 13.3. The molecule has 1 unspecified atom stereocenters. The van der Waals surface area contributed by atoms with Gasteiger partial charge in [-0.1, -0.05) is 27.7 Å². The Kier molecular flexibility index (Phi) is 8.26. The Bertz CT molecular complexity index is 261. The van der Waals surface area contributed by atoms with Gasteiger partial charge in [-0.15, -0.1) is 0 Å². The van der Waals surface area contributed by atoms with Crippen LogP contribution in [0.5, 0.6) is 0 Å². The van der Waals surface area contributed by atoms with Crippen molar-refractivity contribution in [2.45, 2.75) is 65.8 Å². The van der Waals surface area contributed by atoms with Gasteiger partial charge >= 0.3 is 0 Å². The number of ether oxygens (including phenoxy) is 1. The molecule has 4 nitrogen and oxygen atoms in total. The number of carbonyl (C=O) groups excluding carboxylic acids is 1. The Hall–Kier alpha value is -0.610. The highest BCUT2D eigenvalue weighted by Crippen LogP contribution is 2.18. The average Bonchev–Trinajstić information content (AvgIpc) is 2.26. The Morgan fingerprint density at radius 1 is 1.11 bits per heavy atom. The summed E-state index contributed by atoms with van der Waals surface area (Å²) in [6.45, 7) is 12.8. The van der Waals surface area contributed by atoms with Crippen molar-refractivity contribution in [3.63, 3.8) is 0 Å². The molecule has 1 atom stereocenters. The highest BCUT2D eigenvalue weighted by atomic mass is 16.5. The largest absolute Gasteiger partial charge is 0.381 e. The molecule has 4 heteroatoms. The molecule has 19 heavy (non-hydrogen) atoms. The van der Waals surface area contributed by atoms with Crippen LogP contribution in [0.1, 0.15) is 60.3 Å². The number of nitrogens with one attached hydrogen (secondary N) is 1. The predicted octanol–water partition coefficient (Wildman–Crippen LogP) is 2.46. The number of amides is 1. The first-order valence-corrected chi connectivity index (χ1v) is 7.34. The third kappa shape index (κ3) is 9.00. The summed E-state index contributed by atoms with van der Waals surface area (Å²) < 4.78 is 5.61. The van der Waals surface area contributed by atoms with E-state index in [2.05, 4.69) is 26.1 Å². The maximum absolute atomic E-state index is 11.4. The lowest BCUT2D eigenvalue weighted by Crippen LogP contribution is -2.52. The molecule has 0 saturated heterocycles. The number of hydrogen-bond donors (Lipinski definition) is 2. The highest BCUT2D eigenvalue weighted by Gasteiger charge is 2.28. The van der Waals surface area contributed by atoms with E-state index >= 15 is 0 Å². The molecule has 0 heterocycles. The Morgan fingerprint density at radius 3 is 2.21 bits per heavy atom. The van der Waals surface area contributed by atoms with E-state index in [4.69, 9.17) is 10.5 Å². The quantitative estimate of drug-likeness (QED) is 0.600. The summed E-state index contributed by atoms with van der Waals surface area (Å²) >= 11 is 0. The number of unbranched alkanes of at least 4 members (excludes halogenated alkanes) is 1. The van der Waals surface area contributed by atoms with E-state index in [1.165, 1.54) is 0 Å². The van der Waals surface area contributed by atoms with Gasteiger partial charge in [0.05, 0.1) is 5.54 Å². The van der Waals surface area contributed by atoms with Crippen LogP contribution in [-0.2, 0) is 9.53 Å². The van der Waals surface area contributed by atoms with Crippen LogP contribution < -0.4 is 11.1 Å². The SMILES string of the molecule is CCNC(C)(CCCCOCCC(C)(C)C)C(N)=O. The summed E-state index contributed by atoms with van der Waals surface area (Å²) in [6, 6.07) is 0. The van der Waals surface area contributed by atoms with Gasteiger partial charge < -0.3 is 15.8 Å². The molecule has 0 aliphatic rings. The molecule has 0 bridgehead atoms. The van der Waals surface area contributed by atoms with Gasteiger partial charge in [0.25, 0.3) is 0 Å². The zero-order chi connectivity index (χ0) is 14.9. The lowest BCUT2D eigenvalue weighted by Gasteiger charge is -2.26. The van der Waals surface area contributed by atoms with Gasteiger partial charge in [-0.25, -0.2) is 0 Å². The first-order valence-electron chi connectivity index (χ1n) is 7.34. The Morgan fingerprint density at radius 2 is 1.74 bits per heavy atom. The molecule has 0 aliphatic heterocycles. The molecule has 0 rings (SSSR count). The van der Waals surface area contributed by atoms with Crippen molar-refractivity contribution in [1.82, 2.24) is 5.32 Å². The summed E-state index contributed by atoms with van der Waals surface area (Å²) in [5.41, 5.74) is 5.18. The van der Waals surface area contributed by atoms with Crippen molar-refractivity contribution < 1.29 is 9.53 Å². The molecule has 0 aromatic rings. The maximum Gasteiger partial charge on any atom is 0.237 e. The maximum atomic E-state index is 11.4. The number of likely N-dealkylation sites (N-methyl/N-ethyl adjacent to an activating group) is 1. The molecule has 0 aromatic heterocycles. The van der Waals surface area contributed by atoms with E-state index in [0.29, 0.717) is 5.41 Å². The molecule has 3 N–H and O–H groups in total. The Balaban J connectivity index is 3.70. The fraction of sp³-hybridized carbons (Fsp3) is 0.933. The van der Waals surface area contributed by atoms with Gasteiger partial charge in [-0.3, -0.25) is 4.79 Å². The van der Waals surface area contributed by atoms with Gasteiger partial charge in [0.2, 0.25) is 5.91 Å². The van der Waals surface area contributed by atoms with Gasteiger partial charge in [-0.2, -0.15) is 0 Å². The number of hydrogen-bond acceptors (Lipinski definition) is 3. The average molecular weight is 272 g/mol. The molecule has 0 radical (unpaired) electrons. The third-order valence-electron chi connectivity index (χ3n) is 3.32. The van der Waals surface area contributed by atoms with E-state index in [9.17, 15) is 4.79 Å². The lowest BCUT2D eigenvalue weighted by atomic mass is 9.93. The first kappa shape index (κ1) is 18.4. The van der Waals surface area contributed by atoms with Crippen LogP contribution in [0.25, 0.3) is 0 Å². The number of primary amides is 1. The minimum Gasteiger partial charge on any atom is -0.381 e. The van der Waals surface area contributed by atoms with E-state index in [1.54, 1.807) is 0 Å². The zero-order valence-corrected chi connectivity index (χ0v) is 13.3.